The van der Waals surface area contributed by atoms with Crippen molar-refractivity contribution in [2.45, 2.75) is 30.9 Å². The fourth-order valence-electron chi connectivity index (χ4n) is 2.25. The van der Waals surface area contributed by atoms with Gasteiger partial charge in [0.2, 0.25) is 5.91 Å². The molecule has 0 heterocycles. The predicted octanol–water partition coefficient (Wildman–Crippen LogP) is 3.13. The van der Waals surface area contributed by atoms with Crippen LogP contribution in [0.5, 0.6) is 0 Å². The maximum Gasteiger partial charge on any atom is 0.227 e. The summed E-state index contributed by atoms with van der Waals surface area (Å²) >= 11 is 1.65. The second-order valence-corrected chi connectivity index (χ2v) is 5.64. The summed E-state index contributed by atoms with van der Waals surface area (Å²) in [7, 11) is 0. The minimum absolute atomic E-state index is 0.239. The van der Waals surface area contributed by atoms with Crippen molar-refractivity contribution in [1.82, 2.24) is 0 Å². The quantitative estimate of drug-likeness (QED) is 0.826. The van der Waals surface area contributed by atoms with Gasteiger partial charge in [-0.3, -0.25) is 4.79 Å². The van der Waals surface area contributed by atoms with Crippen molar-refractivity contribution in [3.05, 3.63) is 47.6 Å². The van der Waals surface area contributed by atoms with E-state index in [9.17, 15) is 4.79 Å². The number of allylic oxidation sites excluding steroid dienone is 6. The van der Waals surface area contributed by atoms with Gasteiger partial charge in [0.05, 0.1) is 11.0 Å². The Hall–Kier alpha value is -1.22. The second kappa shape index (κ2) is 6.64. The molecule has 1 amide bonds. The number of hydrogen-bond acceptors (Lipinski definition) is 2. The summed E-state index contributed by atoms with van der Waals surface area (Å²) in [5, 5.41) is 0.291. The molecular weight excluding hydrogens is 242 g/mol. The summed E-state index contributed by atoms with van der Waals surface area (Å²) in [5.74, 6) is 0.147. The topological polar surface area (TPSA) is 43.1 Å². The number of primary amides is 1. The van der Waals surface area contributed by atoms with E-state index in [2.05, 4.69) is 36.5 Å². The lowest BCUT2D eigenvalue weighted by atomic mass is 9.94. The third kappa shape index (κ3) is 3.64. The van der Waals surface area contributed by atoms with E-state index >= 15 is 0 Å². The monoisotopic (exact) mass is 261 g/mol. The number of amides is 1. The first-order valence-corrected chi connectivity index (χ1v) is 7.44. The van der Waals surface area contributed by atoms with Crippen molar-refractivity contribution in [2.75, 3.05) is 5.75 Å². The molecule has 0 aromatic heterocycles. The fourth-order valence-corrected chi connectivity index (χ4v) is 3.36. The largest absolute Gasteiger partial charge is 0.369 e. The van der Waals surface area contributed by atoms with Crippen molar-refractivity contribution < 1.29 is 4.79 Å². The highest BCUT2D eigenvalue weighted by molar-refractivity contribution is 8.00. The number of thioether (sulfide) groups is 1. The first-order valence-electron chi connectivity index (χ1n) is 6.39. The first-order chi connectivity index (χ1) is 8.77. The zero-order chi connectivity index (χ0) is 12.8. The summed E-state index contributed by atoms with van der Waals surface area (Å²) in [4.78, 5) is 11.0. The Labute approximate surface area is 113 Å². The van der Waals surface area contributed by atoms with Crippen LogP contribution in [0.25, 0.3) is 0 Å². The lowest BCUT2D eigenvalue weighted by Gasteiger charge is -2.23. The maximum absolute atomic E-state index is 11.0. The van der Waals surface area contributed by atoms with Crippen LogP contribution in [0.1, 0.15) is 25.7 Å². The molecule has 0 spiro atoms. The van der Waals surface area contributed by atoms with Gasteiger partial charge in [0.15, 0.2) is 0 Å². The van der Waals surface area contributed by atoms with E-state index < -0.39 is 0 Å². The van der Waals surface area contributed by atoms with Gasteiger partial charge in [0.1, 0.15) is 0 Å². The maximum atomic E-state index is 11.0. The van der Waals surface area contributed by atoms with Crippen LogP contribution in [-0.4, -0.2) is 16.9 Å². The van der Waals surface area contributed by atoms with Crippen molar-refractivity contribution >= 4 is 17.7 Å². The van der Waals surface area contributed by atoms with Crippen LogP contribution in [-0.2, 0) is 4.79 Å². The molecule has 1 unspecified atom stereocenters. The van der Waals surface area contributed by atoms with Crippen LogP contribution in [0, 0.1) is 0 Å². The van der Waals surface area contributed by atoms with Crippen LogP contribution in [0.15, 0.2) is 47.6 Å². The number of carbonyl (C=O) groups excluding carboxylic acids is 1. The van der Waals surface area contributed by atoms with Gasteiger partial charge in [0.25, 0.3) is 0 Å². The molecule has 2 nitrogen and oxygen atoms in total. The Morgan fingerprint density at radius 3 is 2.83 bits per heavy atom. The molecule has 0 saturated carbocycles. The zero-order valence-electron chi connectivity index (χ0n) is 10.5. The van der Waals surface area contributed by atoms with Gasteiger partial charge in [-0.25, -0.2) is 0 Å². The Bertz CT molecular complexity index is 432. The van der Waals surface area contributed by atoms with Crippen molar-refractivity contribution in [2.24, 2.45) is 5.73 Å². The third-order valence-corrected chi connectivity index (χ3v) is 4.46. The SMILES string of the molecule is NC(=O)CSC(C1=CCCC=C1)C1=CC=CCC1. The molecule has 0 radical (unpaired) electrons. The Morgan fingerprint density at radius 1 is 1.33 bits per heavy atom. The molecule has 1 atom stereocenters. The van der Waals surface area contributed by atoms with Gasteiger partial charge in [-0.1, -0.05) is 42.0 Å². The molecule has 2 aliphatic carbocycles. The van der Waals surface area contributed by atoms with Crippen molar-refractivity contribution in [1.29, 1.82) is 0 Å². The molecule has 0 saturated heterocycles. The van der Waals surface area contributed by atoms with Crippen LogP contribution in [0.4, 0.5) is 0 Å². The molecule has 0 aromatic rings. The summed E-state index contributed by atoms with van der Waals surface area (Å²) in [6, 6.07) is 0. The normalized spacial score (nSPS) is 20.2. The molecule has 0 fully saturated rings. The minimum atomic E-state index is -0.239. The predicted molar refractivity (Wildman–Crippen MR) is 78.4 cm³/mol. The molecule has 96 valence electrons. The standard InChI is InChI=1S/C15H19NOS/c16-14(17)11-18-15(12-7-3-1-4-8-12)13-9-5-2-6-10-13/h1,3,5,7,9-10,15H,2,4,6,8,11H2,(H2,16,17). The lowest BCUT2D eigenvalue weighted by molar-refractivity contribution is -0.115. The van der Waals surface area contributed by atoms with Crippen LogP contribution < -0.4 is 5.73 Å². The average Bonchev–Trinajstić information content (AvgIpc) is 2.41. The number of hydrogen-bond donors (Lipinski definition) is 1. The second-order valence-electron chi connectivity index (χ2n) is 4.55. The van der Waals surface area contributed by atoms with Crippen LogP contribution >= 0.6 is 11.8 Å². The average molecular weight is 261 g/mol. The van der Waals surface area contributed by atoms with E-state index in [-0.39, 0.29) is 5.91 Å². The van der Waals surface area contributed by atoms with E-state index in [1.807, 2.05) is 0 Å². The van der Waals surface area contributed by atoms with Crippen LogP contribution in [0.3, 0.4) is 0 Å². The molecule has 2 rings (SSSR count). The summed E-state index contributed by atoms with van der Waals surface area (Å²) in [5.41, 5.74) is 8.00. The highest BCUT2D eigenvalue weighted by Gasteiger charge is 2.20. The van der Waals surface area contributed by atoms with Crippen molar-refractivity contribution in [3.8, 4) is 0 Å². The van der Waals surface area contributed by atoms with Gasteiger partial charge < -0.3 is 5.73 Å². The molecule has 2 aliphatic rings. The third-order valence-electron chi connectivity index (χ3n) is 3.10. The smallest absolute Gasteiger partial charge is 0.227 e. The van der Waals surface area contributed by atoms with E-state index in [1.165, 1.54) is 11.1 Å². The Kier molecular flexibility index (Phi) is 4.88. The van der Waals surface area contributed by atoms with Gasteiger partial charge in [0, 0.05) is 0 Å². The molecule has 0 aromatic carbocycles. The highest BCUT2D eigenvalue weighted by Crippen LogP contribution is 2.33. The van der Waals surface area contributed by atoms with E-state index in [0.717, 1.165) is 25.7 Å². The molecular formula is C15H19NOS. The van der Waals surface area contributed by atoms with Crippen molar-refractivity contribution in [3.63, 3.8) is 0 Å². The number of nitrogens with two attached hydrogens (primary N) is 1. The minimum Gasteiger partial charge on any atom is -0.369 e. The first kappa shape index (κ1) is 13.2. The Morgan fingerprint density at radius 2 is 2.22 bits per heavy atom. The fraction of sp³-hybridized carbons (Fsp3) is 0.400. The molecule has 2 N–H and O–H groups in total. The van der Waals surface area contributed by atoms with Crippen LogP contribution in [0.2, 0.25) is 0 Å². The molecule has 0 aliphatic heterocycles. The van der Waals surface area contributed by atoms with Gasteiger partial charge in [-0.05, 0) is 31.3 Å². The van der Waals surface area contributed by atoms with Gasteiger partial charge >= 0.3 is 0 Å². The summed E-state index contributed by atoms with van der Waals surface area (Å²) < 4.78 is 0. The van der Waals surface area contributed by atoms with E-state index in [4.69, 9.17) is 5.73 Å². The lowest BCUT2D eigenvalue weighted by Crippen LogP contribution is -2.19. The zero-order valence-corrected chi connectivity index (χ0v) is 11.3. The van der Waals surface area contributed by atoms with E-state index in [0.29, 0.717) is 11.0 Å². The molecule has 18 heavy (non-hydrogen) atoms. The molecule has 0 bridgehead atoms. The van der Waals surface area contributed by atoms with Gasteiger partial charge in [-0.15, -0.1) is 11.8 Å². The van der Waals surface area contributed by atoms with Gasteiger partial charge in [-0.2, -0.15) is 0 Å². The number of rotatable bonds is 5. The highest BCUT2D eigenvalue weighted by atomic mass is 32.2. The Balaban J connectivity index is 2.13. The molecule has 3 heteroatoms. The number of carbonyl (C=O) groups is 1. The van der Waals surface area contributed by atoms with E-state index in [1.54, 1.807) is 11.8 Å². The summed E-state index contributed by atoms with van der Waals surface area (Å²) in [6.45, 7) is 0. The summed E-state index contributed by atoms with van der Waals surface area (Å²) in [6.07, 6.45) is 17.6.